The molecule has 1 aliphatic carbocycles. The molecule has 30 heavy (non-hydrogen) atoms. The molecule has 1 atom stereocenters. The highest BCUT2D eigenvalue weighted by Gasteiger charge is 2.29. The lowest BCUT2D eigenvalue weighted by molar-refractivity contribution is -0.123. The molecule has 1 N–H and O–H groups in total. The van der Waals surface area contributed by atoms with Crippen LogP contribution in [0.5, 0.6) is 0 Å². The Labute approximate surface area is 187 Å². The van der Waals surface area contributed by atoms with Gasteiger partial charge < -0.3 is 14.8 Å². The van der Waals surface area contributed by atoms with Crippen molar-refractivity contribution in [1.29, 1.82) is 0 Å². The number of fused-ring (bicyclic) bond motifs is 1. The number of aryl methyl sites for hydroxylation is 1. The maximum Gasteiger partial charge on any atom is 0.359 e. The van der Waals surface area contributed by atoms with Gasteiger partial charge >= 0.3 is 11.9 Å². The number of thiophene rings is 1. The molecule has 1 aliphatic rings. The van der Waals surface area contributed by atoms with Crippen LogP contribution in [0.15, 0.2) is 12.1 Å². The SMILES string of the molecule is CCOC(=O)c1c(NC(=O)C(C)OC(=O)c2nc(Cl)ccc2Cl)sc2c1CCCC2. The van der Waals surface area contributed by atoms with Gasteiger partial charge in [0.25, 0.3) is 5.91 Å². The Morgan fingerprint density at radius 3 is 2.67 bits per heavy atom. The number of nitrogens with zero attached hydrogens (tertiary/aromatic N) is 1. The number of amides is 1. The van der Waals surface area contributed by atoms with Crippen molar-refractivity contribution in [3.05, 3.63) is 44.0 Å². The van der Waals surface area contributed by atoms with Gasteiger partial charge in [0.2, 0.25) is 0 Å². The second-order valence-corrected chi connectivity index (χ2v) is 8.54. The molecule has 3 rings (SSSR count). The van der Waals surface area contributed by atoms with Crippen LogP contribution in [0.1, 0.15) is 58.0 Å². The molecule has 2 aromatic rings. The topological polar surface area (TPSA) is 94.6 Å². The number of aromatic nitrogens is 1. The van der Waals surface area contributed by atoms with Crippen LogP contribution in [-0.2, 0) is 27.1 Å². The van der Waals surface area contributed by atoms with E-state index in [0.29, 0.717) is 10.6 Å². The van der Waals surface area contributed by atoms with E-state index in [1.54, 1.807) is 6.92 Å². The number of halogens is 2. The monoisotopic (exact) mass is 470 g/mol. The Morgan fingerprint density at radius 2 is 1.93 bits per heavy atom. The van der Waals surface area contributed by atoms with Crippen molar-refractivity contribution in [2.24, 2.45) is 0 Å². The summed E-state index contributed by atoms with van der Waals surface area (Å²) in [5.74, 6) is -1.92. The molecule has 7 nitrogen and oxygen atoms in total. The number of ether oxygens (including phenoxy) is 2. The first-order valence-corrected chi connectivity index (χ1v) is 11.0. The molecule has 0 fully saturated rings. The van der Waals surface area contributed by atoms with Crippen molar-refractivity contribution in [3.63, 3.8) is 0 Å². The van der Waals surface area contributed by atoms with Crippen molar-refractivity contribution in [1.82, 2.24) is 4.98 Å². The Morgan fingerprint density at radius 1 is 1.20 bits per heavy atom. The molecule has 0 saturated carbocycles. The summed E-state index contributed by atoms with van der Waals surface area (Å²) >= 11 is 13.1. The van der Waals surface area contributed by atoms with Crippen molar-refractivity contribution < 1.29 is 23.9 Å². The predicted octanol–water partition coefficient (Wildman–Crippen LogP) is 4.69. The zero-order valence-corrected chi connectivity index (χ0v) is 18.7. The molecule has 0 spiro atoms. The fraction of sp³-hybridized carbons (Fsp3) is 0.400. The van der Waals surface area contributed by atoms with E-state index in [2.05, 4.69) is 10.3 Å². The maximum absolute atomic E-state index is 12.7. The Kier molecular flexibility index (Phi) is 7.33. The lowest BCUT2D eigenvalue weighted by atomic mass is 9.95. The van der Waals surface area contributed by atoms with Crippen LogP contribution in [0.25, 0.3) is 0 Å². The zero-order chi connectivity index (χ0) is 21.8. The van der Waals surface area contributed by atoms with Gasteiger partial charge in [0, 0.05) is 4.88 Å². The maximum atomic E-state index is 12.7. The fourth-order valence-corrected chi connectivity index (χ4v) is 4.73. The van der Waals surface area contributed by atoms with E-state index < -0.39 is 23.9 Å². The van der Waals surface area contributed by atoms with Crippen LogP contribution in [0.3, 0.4) is 0 Å². The summed E-state index contributed by atoms with van der Waals surface area (Å²) in [6, 6.07) is 2.85. The normalized spacial score (nSPS) is 13.9. The highest BCUT2D eigenvalue weighted by atomic mass is 35.5. The standard InChI is InChI=1S/C20H20Cl2N2O5S/c1-3-28-19(26)15-11-6-4-5-7-13(11)30-18(15)24-17(25)10(2)29-20(27)16-12(21)8-9-14(22)23-16/h8-10H,3-7H2,1-2H3,(H,24,25). The highest BCUT2D eigenvalue weighted by molar-refractivity contribution is 7.17. The van der Waals surface area contributed by atoms with Crippen molar-refractivity contribution in [3.8, 4) is 0 Å². The number of carbonyl (C=O) groups excluding carboxylic acids is 3. The predicted molar refractivity (Wildman–Crippen MR) is 115 cm³/mol. The first-order valence-electron chi connectivity index (χ1n) is 9.47. The van der Waals surface area contributed by atoms with Crippen LogP contribution in [0.4, 0.5) is 5.00 Å². The molecular weight excluding hydrogens is 451 g/mol. The van der Waals surface area contributed by atoms with Gasteiger partial charge in [-0.3, -0.25) is 4.79 Å². The van der Waals surface area contributed by atoms with E-state index in [4.69, 9.17) is 32.7 Å². The second kappa shape index (κ2) is 9.76. The van der Waals surface area contributed by atoms with E-state index in [1.807, 2.05) is 0 Å². The molecule has 0 radical (unpaired) electrons. The van der Waals surface area contributed by atoms with Gasteiger partial charge in [-0.2, -0.15) is 0 Å². The zero-order valence-electron chi connectivity index (χ0n) is 16.4. The minimum absolute atomic E-state index is 0.0625. The molecule has 1 amide bonds. The van der Waals surface area contributed by atoms with Crippen LogP contribution in [0, 0.1) is 0 Å². The van der Waals surface area contributed by atoms with Crippen molar-refractivity contribution in [2.45, 2.75) is 45.6 Å². The third-order valence-corrected chi connectivity index (χ3v) is 6.27. The molecule has 0 bridgehead atoms. The molecule has 10 heteroatoms. The number of hydrogen-bond donors (Lipinski definition) is 1. The quantitative estimate of drug-likeness (QED) is 0.485. The summed E-state index contributed by atoms with van der Waals surface area (Å²) in [6.07, 6.45) is 2.48. The van der Waals surface area contributed by atoms with Crippen LogP contribution < -0.4 is 5.32 Å². The molecule has 2 aromatic heterocycles. The summed E-state index contributed by atoms with van der Waals surface area (Å²) in [5, 5.41) is 3.26. The number of hydrogen-bond acceptors (Lipinski definition) is 7. The molecule has 2 heterocycles. The number of esters is 2. The Hall–Kier alpha value is -2.16. The molecule has 0 aromatic carbocycles. The van der Waals surface area contributed by atoms with Crippen molar-refractivity contribution >= 4 is 57.4 Å². The Balaban J connectivity index is 1.76. The van der Waals surface area contributed by atoms with Crippen LogP contribution >= 0.6 is 34.5 Å². The van der Waals surface area contributed by atoms with E-state index >= 15 is 0 Å². The Bertz CT molecular complexity index is 992. The third-order valence-electron chi connectivity index (χ3n) is 4.55. The van der Waals surface area contributed by atoms with Gasteiger partial charge in [0.1, 0.15) is 10.2 Å². The van der Waals surface area contributed by atoms with E-state index in [1.165, 1.54) is 30.4 Å². The molecule has 160 valence electrons. The second-order valence-electron chi connectivity index (χ2n) is 6.64. The highest BCUT2D eigenvalue weighted by Crippen LogP contribution is 2.38. The first kappa shape index (κ1) is 22.5. The van der Waals surface area contributed by atoms with Crippen LogP contribution in [-0.4, -0.2) is 35.5 Å². The summed E-state index contributed by atoms with van der Waals surface area (Å²) in [7, 11) is 0. The lowest BCUT2D eigenvalue weighted by Gasteiger charge is -2.14. The average Bonchev–Trinajstić information content (AvgIpc) is 3.07. The smallest absolute Gasteiger partial charge is 0.359 e. The molecule has 0 aliphatic heterocycles. The molecular formula is C20H20Cl2N2O5S. The molecule has 0 saturated heterocycles. The summed E-state index contributed by atoms with van der Waals surface area (Å²) < 4.78 is 10.4. The summed E-state index contributed by atoms with van der Waals surface area (Å²) in [6.45, 7) is 3.38. The van der Waals surface area contributed by atoms with Crippen LogP contribution in [0.2, 0.25) is 10.2 Å². The summed E-state index contributed by atoms with van der Waals surface area (Å²) in [4.78, 5) is 42.4. The lowest BCUT2D eigenvalue weighted by Crippen LogP contribution is -2.30. The molecule has 1 unspecified atom stereocenters. The largest absolute Gasteiger partial charge is 0.462 e. The summed E-state index contributed by atoms with van der Waals surface area (Å²) in [5.41, 5.74) is 1.14. The number of nitrogens with one attached hydrogen (secondary N) is 1. The van der Waals surface area contributed by atoms with Gasteiger partial charge in [-0.25, -0.2) is 14.6 Å². The average molecular weight is 471 g/mol. The first-order chi connectivity index (χ1) is 14.3. The number of carbonyl (C=O) groups is 3. The van der Waals surface area contributed by atoms with Gasteiger partial charge in [-0.15, -0.1) is 11.3 Å². The number of anilines is 1. The fourth-order valence-electron chi connectivity index (χ4n) is 3.12. The minimum Gasteiger partial charge on any atom is -0.462 e. The van der Waals surface area contributed by atoms with Gasteiger partial charge in [-0.1, -0.05) is 23.2 Å². The number of rotatable bonds is 6. The van der Waals surface area contributed by atoms with E-state index in [-0.39, 0.29) is 22.5 Å². The minimum atomic E-state index is -1.15. The van der Waals surface area contributed by atoms with Gasteiger partial charge in [0.05, 0.1) is 17.2 Å². The van der Waals surface area contributed by atoms with Crippen molar-refractivity contribution in [2.75, 3.05) is 11.9 Å². The van der Waals surface area contributed by atoms with Gasteiger partial charge in [-0.05, 0) is 57.2 Å². The number of pyridine rings is 1. The van der Waals surface area contributed by atoms with Gasteiger partial charge in [0.15, 0.2) is 11.8 Å². The van der Waals surface area contributed by atoms with E-state index in [9.17, 15) is 14.4 Å². The van der Waals surface area contributed by atoms with E-state index in [0.717, 1.165) is 36.1 Å². The third kappa shape index (κ3) is 4.94.